The number of aliphatic hydroxyl groups excluding tert-OH is 1. The molecule has 0 aromatic heterocycles. The molecule has 1 heterocycles. The maximum atomic E-state index is 13.7. The molecule has 0 radical (unpaired) electrons. The summed E-state index contributed by atoms with van der Waals surface area (Å²) in [5.41, 5.74) is 1.37. The molecule has 1 fully saturated rings. The summed E-state index contributed by atoms with van der Waals surface area (Å²) < 4.78 is 34.9. The predicted molar refractivity (Wildman–Crippen MR) is 151 cm³/mol. The Hall–Kier alpha value is -2.29. The highest BCUT2D eigenvalue weighted by atomic mass is 35.5. The lowest BCUT2D eigenvalue weighted by Gasteiger charge is -2.31. The number of anilines is 1. The Bertz CT molecular complexity index is 1200. The predicted octanol–water partition coefficient (Wildman–Crippen LogP) is 5.63. The second-order valence-electron chi connectivity index (χ2n) is 9.08. The highest BCUT2D eigenvalue weighted by Gasteiger charge is 2.26. The number of sulfonamides is 1. The Morgan fingerprint density at radius 1 is 0.946 bits per heavy atom. The van der Waals surface area contributed by atoms with E-state index in [0.717, 1.165) is 44.5 Å². The Morgan fingerprint density at radius 2 is 1.59 bits per heavy atom. The lowest BCUT2D eigenvalue weighted by Crippen LogP contribution is -2.35. The fourth-order valence-corrected chi connectivity index (χ4v) is 6.00. The average Bonchev–Trinajstić information content (AvgIpc) is 2.91. The van der Waals surface area contributed by atoms with Crippen molar-refractivity contribution in [1.29, 1.82) is 0 Å². The summed E-state index contributed by atoms with van der Waals surface area (Å²) in [6.07, 6.45) is 2.96. The van der Waals surface area contributed by atoms with Gasteiger partial charge in [-0.1, -0.05) is 48.0 Å². The van der Waals surface area contributed by atoms with E-state index in [-0.39, 0.29) is 30.5 Å². The summed E-state index contributed by atoms with van der Waals surface area (Å²) in [5.74, 6) is 1.12. The van der Waals surface area contributed by atoms with Crippen molar-refractivity contribution in [1.82, 2.24) is 4.90 Å². The minimum absolute atomic E-state index is 0. The van der Waals surface area contributed by atoms with Crippen LogP contribution in [0.15, 0.2) is 83.8 Å². The van der Waals surface area contributed by atoms with Gasteiger partial charge in [-0.25, -0.2) is 8.42 Å². The fourth-order valence-electron chi connectivity index (χ4n) is 4.44. The van der Waals surface area contributed by atoms with Crippen molar-refractivity contribution in [3.05, 3.63) is 89.4 Å². The molecular formula is C28H34Cl2N2O4S. The van der Waals surface area contributed by atoms with Crippen LogP contribution in [0.3, 0.4) is 0 Å². The van der Waals surface area contributed by atoms with Crippen molar-refractivity contribution < 1.29 is 18.3 Å². The van der Waals surface area contributed by atoms with E-state index in [1.54, 1.807) is 24.3 Å². The van der Waals surface area contributed by atoms with E-state index >= 15 is 0 Å². The molecule has 3 aromatic carbocycles. The molecule has 1 N–H and O–H groups in total. The molecule has 0 amide bonds. The number of hydrogen-bond donors (Lipinski definition) is 1. The Morgan fingerprint density at radius 3 is 2.27 bits per heavy atom. The number of ether oxygens (including phenoxy) is 1. The molecule has 4 rings (SSSR count). The first-order valence-electron chi connectivity index (χ1n) is 12.3. The highest BCUT2D eigenvalue weighted by molar-refractivity contribution is 7.92. The van der Waals surface area contributed by atoms with Gasteiger partial charge in [0.15, 0.2) is 0 Å². The van der Waals surface area contributed by atoms with Gasteiger partial charge in [0.2, 0.25) is 0 Å². The summed E-state index contributed by atoms with van der Waals surface area (Å²) in [5, 5.41) is 9.80. The van der Waals surface area contributed by atoms with Crippen LogP contribution in [0.5, 0.6) is 5.75 Å². The number of piperidine rings is 1. The van der Waals surface area contributed by atoms with Crippen molar-refractivity contribution in [2.75, 3.05) is 37.2 Å². The summed E-state index contributed by atoms with van der Waals surface area (Å²) >= 11 is 5.99. The van der Waals surface area contributed by atoms with Gasteiger partial charge in [0.05, 0.1) is 23.7 Å². The summed E-state index contributed by atoms with van der Waals surface area (Å²) in [6.45, 7) is 3.93. The number of aliphatic hydroxyl groups is 1. The van der Waals surface area contributed by atoms with Crippen molar-refractivity contribution >= 4 is 39.7 Å². The lowest BCUT2D eigenvalue weighted by molar-refractivity contribution is 0.126. The molecule has 200 valence electrons. The number of likely N-dealkylation sites (tertiary alicyclic amines) is 1. The maximum absolute atomic E-state index is 13.7. The smallest absolute Gasteiger partial charge is 0.264 e. The number of benzene rings is 3. The van der Waals surface area contributed by atoms with E-state index in [2.05, 4.69) is 4.90 Å². The first-order chi connectivity index (χ1) is 17.5. The lowest BCUT2D eigenvalue weighted by atomic mass is 9.98. The van der Waals surface area contributed by atoms with E-state index < -0.39 is 10.0 Å². The third-order valence-corrected chi connectivity index (χ3v) is 8.61. The standard InChI is InChI=1S/C28H33ClN2O4S.ClH/c29-25-11-13-27(14-12-25)36(33,34)31(26-8-2-1-3-9-26)21-24-7-4-5-10-28(24)35-20-6-17-30-18-15-23(22-32)16-19-30;/h1-5,7-14,23,32H,6,15-22H2;1H. The largest absolute Gasteiger partial charge is 0.493 e. The van der Waals surface area contributed by atoms with E-state index in [1.165, 1.54) is 16.4 Å². The first kappa shape index (κ1) is 29.3. The Kier molecular flexibility index (Phi) is 11.1. The molecule has 1 aliphatic heterocycles. The molecule has 3 aromatic rings. The van der Waals surface area contributed by atoms with Gasteiger partial charge < -0.3 is 14.7 Å². The molecule has 37 heavy (non-hydrogen) atoms. The number of nitrogens with zero attached hydrogens (tertiary/aromatic N) is 2. The molecular weight excluding hydrogens is 531 g/mol. The number of halogens is 2. The molecule has 0 aliphatic carbocycles. The highest BCUT2D eigenvalue weighted by Crippen LogP contribution is 2.29. The molecule has 0 saturated carbocycles. The minimum Gasteiger partial charge on any atom is -0.493 e. The molecule has 0 atom stereocenters. The van der Waals surface area contributed by atoms with Gasteiger partial charge in [-0.3, -0.25) is 4.31 Å². The number of rotatable bonds is 11. The quantitative estimate of drug-likeness (QED) is 0.305. The molecule has 6 nitrogen and oxygen atoms in total. The summed E-state index contributed by atoms with van der Waals surface area (Å²) in [6, 6.07) is 22.9. The Balaban J connectivity index is 0.00000380. The zero-order chi connectivity index (χ0) is 25.4. The van der Waals surface area contributed by atoms with E-state index in [0.29, 0.717) is 29.0 Å². The van der Waals surface area contributed by atoms with Gasteiger partial charge in [-0.05, 0) is 80.7 Å². The van der Waals surface area contributed by atoms with Crippen LogP contribution < -0.4 is 9.04 Å². The van der Waals surface area contributed by atoms with E-state index in [4.69, 9.17) is 16.3 Å². The van der Waals surface area contributed by atoms with Crippen molar-refractivity contribution in [2.45, 2.75) is 30.7 Å². The van der Waals surface area contributed by atoms with Gasteiger partial charge in [-0.2, -0.15) is 0 Å². The van der Waals surface area contributed by atoms with Gasteiger partial charge in [0.25, 0.3) is 10.0 Å². The third kappa shape index (κ3) is 7.85. The topological polar surface area (TPSA) is 70.1 Å². The number of hydrogen-bond acceptors (Lipinski definition) is 5. The van der Waals surface area contributed by atoms with Gasteiger partial charge in [-0.15, -0.1) is 12.4 Å². The van der Waals surface area contributed by atoms with Gasteiger partial charge in [0.1, 0.15) is 5.75 Å². The van der Waals surface area contributed by atoms with Crippen LogP contribution in [-0.2, 0) is 16.6 Å². The maximum Gasteiger partial charge on any atom is 0.264 e. The molecule has 0 spiro atoms. The molecule has 0 bridgehead atoms. The van der Waals surface area contributed by atoms with Crippen LogP contribution in [0.4, 0.5) is 5.69 Å². The molecule has 9 heteroatoms. The average molecular weight is 566 g/mol. The van der Waals surface area contributed by atoms with Crippen LogP contribution in [0, 0.1) is 5.92 Å². The Labute approximate surface area is 231 Å². The van der Waals surface area contributed by atoms with Crippen LogP contribution >= 0.6 is 24.0 Å². The second kappa shape index (κ2) is 14.0. The van der Waals surface area contributed by atoms with E-state index in [9.17, 15) is 13.5 Å². The monoisotopic (exact) mass is 564 g/mol. The van der Waals surface area contributed by atoms with Crippen LogP contribution in [-0.4, -0.2) is 51.3 Å². The fraction of sp³-hybridized carbons (Fsp3) is 0.357. The summed E-state index contributed by atoms with van der Waals surface area (Å²) in [4.78, 5) is 2.59. The first-order valence-corrected chi connectivity index (χ1v) is 14.2. The van der Waals surface area contributed by atoms with Gasteiger partial charge in [0, 0.05) is 23.7 Å². The van der Waals surface area contributed by atoms with E-state index in [1.807, 2.05) is 42.5 Å². The van der Waals surface area contributed by atoms with Crippen molar-refractivity contribution in [3.8, 4) is 5.75 Å². The third-order valence-electron chi connectivity index (χ3n) is 6.57. The summed E-state index contributed by atoms with van der Waals surface area (Å²) in [7, 11) is -3.84. The second-order valence-corrected chi connectivity index (χ2v) is 11.4. The van der Waals surface area contributed by atoms with Crippen LogP contribution in [0.1, 0.15) is 24.8 Å². The zero-order valence-electron chi connectivity index (χ0n) is 20.7. The molecule has 1 saturated heterocycles. The number of para-hydroxylation sites is 2. The van der Waals surface area contributed by atoms with Crippen molar-refractivity contribution in [3.63, 3.8) is 0 Å². The van der Waals surface area contributed by atoms with Crippen molar-refractivity contribution in [2.24, 2.45) is 5.92 Å². The molecule has 1 aliphatic rings. The molecule has 0 unspecified atom stereocenters. The normalized spacial score (nSPS) is 14.6. The van der Waals surface area contributed by atoms with Crippen LogP contribution in [0.25, 0.3) is 0 Å². The minimum atomic E-state index is -3.84. The SMILES string of the molecule is Cl.O=S(=O)(c1ccc(Cl)cc1)N(Cc1ccccc1OCCCN1CCC(CO)CC1)c1ccccc1. The van der Waals surface area contributed by atoms with Gasteiger partial charge >= 0.3 is 0 Å². The van der Waals surface area contributed by atoms with Crippen LogP contribution in [0.2, 0.25) is 5.02 Å². The zero-order valence-corrected chi connectivity index (χ0v) is 23.1.